The highest BCUT2D eigenvalue weighted by Gasteiger charge is 2.33. The predicted molar refractivity (Wildman–Crippen MR) is 57.1 cm³/mol. The molecule has 0 radical (unpaired) electrons. The van der Waals surface area contributed by atoms with Gasteiger partial charge in [0.1, 0.15) is 0 Å². The summed E-state index contributed by atoms with van der Waals surface area (Å²) in [6.07, 6.45) is 2.44. The van der Waals surface area contributed by atoms with E-state index < -0.39 is 0 Å². The van der Waals surface area contributed by atoms with E-state index in [-0.39, 0.29) is 5.41 Å². The monoisotopic (exact) mass is 182 g/mol. The van der Waals surface area contributed by atoms with Crippen molar-refractivity contribution in [3.8, 4) is 0 Å². The Balaban J connectivity index is 2.55. The van der Waals surface area contributed by atoms with Crippen molar-refractivity contribution < 1.29 is 0 Å². The zero-order valence-corrected chi connectivity index (χ0v) is 9.52. The van der Waals surface area contributed by atoms with E-state index in [4.69, 9.17) is 5.41 Å². The van der Waals surface area contributed by atoms with Gasteiger partial charge in [-0.1, -0.05) is 20.8 Å². The minimum absolute atomic E-state index is 0.260. The summed E-state index contributed by atoms with van der Waals surface area (Å²) < 4.78 is 0. The first-order chi connectivity index (χ1) is 5.84. The Morgan fingerprint density at radius 3 is 2.15 bits per heavy atom. The van der Waals surface area contributed by atoms with Gasteiger partial charge in [0.05, 0.1) is 5.84 Å². The zero-order chi connectivity index (χ0) is 10.2. The molecule has 1 unspecified atom stereocenters. The van der Waals surface area contributed by atoms with Gasteiger partial charge in [-0.3, -0.25) is 5.41 Å². The molecule has 0 aromatic rings. The summed E-state index contributed by atoms with van der Waals surface area (Å²) in [4.78, 5) is 2.14. The van der Waals surface area contributed by atoms with E-state index >= 15 is 0 Å². The first kappa shape index (κ1) is 10.6. The second-order valence-corrected chi connectivity index (χ2v) is 5.31. The van der Waals surface area contributed by atoms with E-state index in [1.54, 1.807) is 0 Å². The summed E-state index contributed by atoms with van der Waals surface area (Å²) in [6, 6.07) is 0.445. The van der Waals surface area contributed by atoms with Crippen molar-refractivity contribution in [3.63, 3.8) is 0 Å². The Bertz CT molecular complexity index is 199. The van der Waals surface area contributed by atoms with E-state index in [0.717, 1.165) is 5.84 Å². The fourth-order valence-electron chi connectivity index (χ4n) is 1.43. The van der Waals surface area contributed by atoms with Crippen molar-refractivity contribution in [1.82, 2.24) is 4.90 Å². The Kier molecular flexibility index (Phi) is 2.69. The number of hydrogen-bond acceptors (Lipinski definition) is 1. The van der Waals surface area contributed by atoms with Gasteiger partial charge in [0, 0.05) is 19.0 Å². The lowest BCUT2D eigenvalue weighted by molar-refractivity contribution is 0.204. The molecule has 1 saturated carbocycles. The summed E-state index contributed by atoms with van der Waals surface area (Å²) in [6.45, 7) is 8.90. The highest BCUT2D eigenvalue weighted by atomic mass is 15.2. The van der Waals surface area contributed by atoms with Gasteiger partial charge in [0.2, 0.25) is 0 Å². The van der Waals surface area contributed by atoms with Crippen molar-refractivity contribution in [2.45, 2.75) is 46.6 Å². The second kappa shape index (κ2) is 3.32. The van der Waals surface area contributed by atoms with Crippen LogP contribution in [0, 0.1) is 16.7 Å². The van der Waals surface area contributed by atoms with Crippen LogP contribution in [0.3, 0.4) is 0 Å². The van der Waals surface area contributed by atoms with Gasteiger partial charge in [0.15, 0.2) is 0 Å². The van der Waals surface area contributed by atoms with Crippen LogP contribution in [-0.4, -0.2) is 23.8 Å². The lowest BCUT2D eigenvalue weighted by atomic mass is 9.87. The van der Waals surface area contributed by atoms with Crippen LogP contribution in [0.1, 0.15) is 40.5 Å². The normalized spacial score (nSPS) is 19.8. The van der Waals surface area contributed by atoms with Crippen molar-refractivity contribution >= 4 is 5.84 Å². The summed E-state index contributed by atoms with van der Waals surface area (Å²) >= 11 is 0. The standard InChI is InChI=1S/C11H22N2/c1-8(11(2,3)4)13(5)10(12)9-6-7-9/h8-9,12H,6-7H2,1-5H3. The molecule has 2 nitrogen and oxygen atoms in total. The minimum atomic E-state index is 0.260. The number of nitrogens with one attached hydrogen (secondary N) is 1. The van der Waals surface area contributed by atoms with Crippen LogP contribution in [0.4, 0.5) is 0 Å². The number of nitrogens with zero attached hydrogens (tertiary/aromatic N) is 1. The van der Waals surface area contributed by atoms with Crippen LogP contribution in [0.2, 0.25) is 0 Å². The molecule has 0 aliphatic heterocycles. The molecule has 13 heavy (non-hydrogen) atoms. The largest absolute Gasteiger partial charge is 0.360 e. The van der Waals surface area contributed by atoms with Crippen LogP contribution in [-0.2, 0) is 0 Å². The molecule has 1 atom stereocenters. The molecule has 0 saturated heterocycles. The van der Waals surface area contributed by atoms with E-state index in [1.165, 1.54) is 12.8 Å². The highest BCUT2D eigenvalue weighted by molar-refractivity contribution is 5.83. The van der Waals surface area contributed by atoms with Crippen LogP contribution in [0.25, 0.3) is 0 Å². The Labute approximate surface area is 81.8 Å². The van der Waals surface area contributed by atoms with Gasteiger partial charge in [-0.05, 0) is 25.2 Å². The minimum Gasteiger partial charge on any atom is -0.360 e. The fourth-order valence-corrected chi connectivity index (χ4v) is 1.43. The van der Waals surface area contributed by atoms with Gasteiger partial charge in [-0.15, -0.1) is 0 Å². The predicted octanol–water partition coefficient (Wildman–Crippen LogP) is 2.74. The molecule has 1 fully saturated rings. The van der Waals surface area contributed by atoms with Crippen LogP contribution in [0.5, 0.6) is 0 Å². The Morgan fingerprint density at radius 2 is 1.85 bits per heavy atom. The van der Waals surface area contributed by atoms with Crippen molar-refractivity contribution in [1.29, 1.82) is 5.41 Å². The molecule has 0 aromatic heterocycles. The van der Waals surface area contributed by atoms with Gasteiger partial charge < -0.3 is 4.90 Å². The number of rotatable bonds is 2. The van der Waals surface area contributed by atoms with Gasteiger partial charge in [-0.2, -0.15) is 0 Å². The molecule has 0 amide bonds. The quantitative estimate of drug-likeness (QED) is 0.516. The van der Waals surface area contributed by atoms with E-state index in [1.807, 2.05) is 0 Å². The van der Waals surface area contributed by atoms with Gasteiger partial charge >= 0.3 is 0 Å². The first-order valence-electron chi connectivity index (χ1n) is 5.15. The van der Waals surface area contributed by atoms with E-state index in [2.05, 4.69) is 39.6 Å². The van der Waals surface area contributed by atoms with E-state index in [0.29, 0.717) is 12.0 Å². The molecule has 0 heterocycles. The summed E-state index contributed by atoms with van der Waals surface area (Å²) in [7, 11) is 2.05. The highest BCUT2D eigenvalue weighted by Crippen LogP contribution is 2.33. The lowest BCUT2D eigenvalue weighted by Crippen LogP contribution is -2.43. The van der Waals surface area contributed by atoms with Crippen LogP contribution < -0.4 is 0 Å². The maximum Gasteiger partial charge on any atom is 0.0989 e. The second-order valence-electron chi connectivity index (χ2n) is 5.31. The molecule has 1 aliphatic rings. The van der Waals surface area contributed by atoms with Crippen molar-refractivity contribution in [2.75, 3.05) is 7.05 Å². The molecule has 1 rings (SSSR count). The van der Waals surface area contributed by atoms with Crippen LogP contribution in [0.15, 0.2) is 0 Å². The van der Waals surface area contributed by atoms with Crippen molar-refractivity contribution in [2.24, 2.45) is 11.3 Å². The van der Waals surface area contributed by atoms with Gasteiger partial charge in [0.25, 0.3) is 0 Å². The fraction of sp³-hybridized carbons (Fsp3) is 0.909. The van der Waals surface area contributed by atoms with Gasteiger partial charge in [-0.25, -0.2) is 0 Å². The molecular weight excluding hydrogens is 160 g/mol. The van der Waals surface area contributed by atoms with Crippen LogP contribution >= 0.6 is 0 Å². The molecule has 0 spiro atoms. The average Bonchev–Trinajstić information content (AvgIpc) is 2.81. The molecule has 0 aromatic carbocycles. The number of hydrogen-bond donors (Lipinski definition) is 1. The molecule has 0 bridgehead atoms. The third-order valence-corrected chi connectivity index (χ3v) is 3.18. The molecule has 1 aliphatic carbocycles. The molecular formula is C11H22N2. The van der Waals surface area contributed by atoms with E-state index in [9.17, 15) is 0 Å². The maximum atomic E-state index is 7.95. The Hall–Kier alpha value is -0.530. The Morgan fingerprint density at radius 1 is 1.38 bits per heavy atom. The maximum absolute atomic E-state index is 7.95. The van der Waals surface area contributed by atoms with Crippen molar-refractivity contribution in [3.05, 3.63) is 0 Å². The summed E-state index contributed by atoms with van der Waals surface area (Å²) in [5, 5.41) is 7.95. The summed E-state index contributed by atoms with van der Waals surface area (Å²) in [5.74, 6) is 1.40. The summed E-state index contributed by atoms with van der Waals surface area (Å²) in [5.41, 5.74) is 0.260. The third kappa shape index (κ3) is 2.45. The lowest BCUT2D eigenvalue weighted by Gasteiger charge is -2.37. The average molecular weight is 182 g/mol. The smallest absolute Gasteiger partial charge is 0.0989 e. The zero-order valence-electron chi connectivity index (χ0n) is 9.52. The topological polar surface area (TPSA) is 27.1 Å². The SMILES string of the molecule is CC(N(C)C(=N)C1CC1)C(C)(C)C. The molecule has 76 valence electrons. The molecule has 2 heteroatoms. The first-order valence-corrected chi connectivity index (χ1v) is 5.15. The third-order valence-electron chi connectivity index (χ3n) is 3.18. The number of amidine groups is 1. The molecule has 1 N–H and O–H groups in total.